The van der Waals surface area contributed by atoms with Gasteiger partial charge in [0.05, 0.1) is 17.5 Å². The van der Waals surface area contributed by atoms with E-state index in [1.165, 1.54) is 0 Å². The van der Waals surface area contributed by atoms with E-state index in [0.717, 1.165) is 18.4 Å². The Bertz CT molecular complexity index is 750. The Morgan fingerprint density at radius 1 is 1.43 bits per heavy atom. The van der Waals surface area contributed by atoms with E-state index >= 15 is 0 Å². The van der Waals surface area contributed by atoms with Gasteiger partial charge in [-0.25, -0.2) is 8.42 Å². The number of fused-ring (bicyclic) bond motifs is 1. The lowest BCUT2D eigenvalue weighted by atomic mass is 10.2. The molecular weight excluding hydrogens is 310 g/mol. The number of benzene rings is 1. The first-order chi connectivity index (χ1) is 9.99. The molecule has 0 amide bonds. The molecule has 0 radical (unpaired) electrons. The van der Waals surface area contributed by atoms with Crippen LogP contribution in [0.4, 0.5) is 0 Å². The normalized spacial score (nSPS) is 11.7. The third-order valence-corrected chi connectivity index (χ3v) is 4.47. The minimum atomic E-state index is -3.84. The van der Waals surface area contributed by atoms with Crippen LogP contribution < -0.4 is 4.74 Å². The lowest BCUT2D eigenvalue weighted by Gasteiger charge is -2.08. The first-order valence-electron chi connectivity index (χ1n) is 6.79. The largest absolute Gasteiger partial charge is 0.493 e. The second kappa shape index (κ2) is 6.54. The zero-order valence-corrected chi connectivity index (χ0v) is 13.5. The van der Waals surface area contributed by atoms with Gasteiger partial charge in [-0.3, -0.25) is 0 Å². The highest BCUT2D eigenvalue weighted by Crippen LogP contribution is 2.35. The Balaban J connectivity index is 2.66. The van der Waals surface area contributed by atoms with Gasteiger partial charge in [0.1, 0.15) is 10.6 Å². The highest BCUT2D eigenvalue weighted by Gasteiger charge is 2.21. The summed E-state index contributed by atoms with van der Waals surface area (Å²) < 4.78 is 31.2. The Kier molecular flexibility index (Phi) is 4.96. The molecule has 0 saturated carbocycles. The minimum Gasteiger partial charge on any atom is -0.493 e. The van der Waals surface area contributed by atoms with Crippen molar-refractivity contribution in [3.05, 3.63) is 37.1 Å². The summed E-state index contributed by atoms with van der Waals surface area (Å²) in [6.07, 6.45) is 4.94. The van der Waals surface area contributed by atoms with E-state index < -0.39 is 9.05 Å². The van der Waals surface area contributed by atoms with Gasteiger partial charge in [0, 0.05) is 23.4 Å². The Morgan fingerprint density at radius 2 is 2.19 bits per heavy atom. The van der Waals surface area contributed by atoms with Gasteiger partial charge < -0.3 is 9.30 Å². The van der Waals surface area contributed by atoms with E-state index in [1.54, 1.807) is 18.3 Å². The Morgan fingerprint density at radius 3 is 2.81 bits per heavy atom. The van der Waals surface area contributed by atoms with E-state index in [0.29, 0.717) is 24.3 Å². The van der Waals surface area contributed by atoms with Crippen LogP contribution in [-0.2, 0) is 15.6 Å². The van der Waals surface area contributed by atoms with Crippen LogP contribution >= 0.6 is 10.7 Å². The third kappa shape index (κ3) is 3.41. The fourth-order valence-electron chi connectivity index (χ4n) is 2.21. The Labute approximate surface area is 129 Å². The summed E-state index contributed by atoms with van der Waals surface area (Å²) in [6.45, 7) is 6.85. The van der Waals surface area contributed by atoms with Crippen LogP contribution in [0, 0.1) is 0 Å². The van der Waals surface area contributed by atoms with Crippen LogP contribution in [0.2, 0.25) is 0 Å². The van der Waals surface area contributed by atoms with Crippen molar-refractivity contribution in [1.29, 1.82) is 0 Å². The Hall–Kier alpha value is -1.46. The van der Waals surface area contributed by atoms with Crippen molar-refractivity contribution in [1.82, 2.24) is 4.57 Å². The summed E-state index contributed by atoms with van der Waals surface area (Å²) in [5.41, 5.74) is 0.796. The van der Waals surface area contributed by atoms with Crippen LogP contribution in [0.15, 0.2) is 41.9 Å². The van der Waals surface area contributed by atoms with Crippen LogP contribution in [0.3, 0.4) is 0 Å². The molecule has 0 unspecified atom stereocenters. The van der Waals surface area contributed by atoms with Crippen LogP contribution in [0.1, 0.15) is 19.8 Å². The molecule has 0 saturated heterocycles. The summed E-state index contributed by atoms with van der Waals surface area (Å²) in [5, 5.41) is 0.546. The number of aromatic nitrogens is 1. The summed E-state index contributed by atoms with van der Waals surface area (Å²) in [6, 6.07) is 5.48. The number of nitrogens with zero attached hydrogens (tertiary/aromatic N) is 1. The highest BCUT2D eigenvalue weighted by atomic mass is 35.7. The predicted octanol–water partition coefficient (Wildman–Crippen LogP) is 3.93. The summed E-state index contributed by atoms with van der Waals surface area (Å²) in [5.74, 6) is 0.547. The molecule has 0 bridgehead atoms. The minimum absolute atomic E-state index is 0.0925. The van der Waals surface area contributed by atoms with E-state index in [-0.39, 0.29) is 4.90 Å². The average molecular weight is 328 g/mol. The van der Waals surface area contributed by atoms with Crippen LogP contribution in [-0.4, -0.2) is 19.6 Å². The second-order valence-corrected chi connectivity index (χ2v) is 7.24. The van der Waals surface area contributed by atoms with Crippen molar-refractivity contribution in [3.8, 4) is 5.75 Å². The lowest BCUT2D eigenvalue weighted by molar-refractivity contribution is 0.321. The maximum absolute atomic E-state index is 11.8. The molecule has 114 valence electrons. The summed E-state index contributed by atoms with van der Waals surface area (Å²) >= 11 is 0. The van der Waals surface area contributed by atoms with Gasteiger partial charge in [0.15, 0.2) is 0 Å². The quantitative estimate of drug-likeness (QED) is 0.571. The monoisotopic (exact) mass is 327 g/mol. The zero-order chi connectivity index (χ0) is 15.5. The maximum Gasteiger partial charge on any atom is 0.263 e. The number of hydrogen-bond donors (Lipinski definition) is 0. The smallest absolute Gasteiger partial charge is 0.263 e. The molecule has 0 aliphatic rings. The predicted molar refractivity (Wildman–Crippen MR) is 85.6 cm³/mol. The van der Waals surface area contributed by atoms with Crippen molar-refractivity contribution in [2.24, 2.45) is 0 Å². The number of halogens is 1. The SMILES string of the molecule is C=CCCn1cc(S(=O)(=O)Cl)c2c(OCCC)cccc21. The van der Waals surface area contributed by atoms with Gasteiger partial charge in [-0.1, -0.05) is 19.1 Å². The molecule has 1 heterocycles. The molecule has 1 aromatic carbocycles. The molecule has 21 heavy (non-hydrogen) atoms. The molecule has 4 nitrogen and oxygen atoms in total. The average Bonchev–Trinajstić information content (AvgIpc) is 2.82. The van der Waals surface area contributed by atoms with E-state index in [1.807, 2.05) is 23.6 Å². The number of allylic oxidation sites excluding steroid dienone is 1. The number of aryl methyl sites for hydroxylation is 1. The topological polar surface area (TPSA) is 48.3 Å². The van der Waals surface area contributed by atoms with Crippen LogP contribution in [0.25, 0.3) is 10.9 Å². The van der Waals surface area contributed by atoms with Gasteiger partial charge in [0.2, 0.25) is 0 Å². The highest BCUT2D eigenvalue weighted by molar-refractivity contribution is 8.14. The fourth-order valence-corrected chi connectivity index (χ4v) is 3.27. The standard InChI is InChI=1S/C15H18ClNO3S/c1-3-5-9-17-11-14(21(16,18)19)15-12(17)7-6-8-13(15)20-10-4-2/h3,6-8,11H,1,4-5,9-10H2,2H3. The fraction of sp³-hybridized carbons (Fsp3) is 0.333. The molecule has 0 aliphatic carbocycles. The molecule has 6 heteroatoms. The molecule has 0 atom stereocenters. The van der Waals surface area contributed by atoms with E-state index in [2.05, 4.69) is 6.58 Å². The number of rotatable bonds is 7. The first-order valence-corrected chi connectivity index (χ1v) is 9.10. The van der Waals surface area contributed by atoms with Gasteiger partial charge in [-0.05, 0) is 25.0 Å². The maximum atomic E-state index is 11.8. The molecule has 0 fully saturated rings. The number of hydrogen-bond acceptors (Lipinski definition) is 3. The molecule has 0 aliphatic heterocycles. The van der Waals surface area contributed by atoms with Gasteiger partial charge in [0.25, 0.3) is 9.05 Å². The zero-order valence-electron chi connectivity index (χ0n) is 11.9. The molecule has 2 rings (SSSR count). The molecule has 2 aromatic rings. The summed E-state index contributed by atoms with van der Waals surface area (Å²) in [4.78, 5) is 0.0925. The molecule has 0 spiro atoms. The van der Waals surface area contributed by atoms with Crippen molar-refractivity contribution in [2.45, 2.75) is 31.2 Å². The van der Waals surface area contributed by atoms with E-state index in [4.69, 9.17) is 15.4 Å². The van der Waals surface area contributed by atoms with Gasteiger partial charge >= 0.3 is 0 Å². The van der Waals surface area contributed by atoms with Crippen molar-refractivity contribution < 1.29 is 13.2 Å². The van der Waals surface area contributed by atoms with Crippen molar-refractivity contribution >= 4 is 30.6 Å². The summed E-state index contributed by atoms with van der Waals surface area (Å²) in [7, 11) is 1.74. The number of ether oxygens (including phenoxy) is 1. The molecular formula is C15H18ClNO3S. The third-order valence-electron chi connectivity index (χ3n) is 3.13. The van der Waals surface area contributed by atoms with E-state index in [9.17, 15) is 8.42 Å². The van der Waals surface area contributed by atoms with Crippen molar-refractivity contribution in [2.75, 3.05) is 6.61 Å². The van der Waals surface area contributed by atoms with Gasteiger partial charge in [-0.15, -0.1) is 6.58 Å². The van der Waals surface area contributed by atoms with Crippen molar-refractivity contribution in [3.63, 3.8) is 0 Å². The molecule has 0 N–H and O–H groups in total. The first kappa shape index (κ1) is 15.9. The van der Waals surface area contributed by atoms with Gasteiger partial charge in [-0.2, -0.15) is 0 Å². The van der Waals surface area contributed by atoms with Crippen LogP contribution in [0.5, 0.6) is 5.75 Å². The molecule has 1 aromatic heterocycles. The second-order valence-electron chi connectivity index (χ2n) is 4.70. The lowest BCUT2D eigenvalue weighted by Crippen LogP contribution is -1.97.